The molecule has 1 aliphatic rings. The molecule has 0 radical (unpaired) electrons. The first-order valence-electron chi connectivity index (χ1n) is 9.10. The number of halogens is 5. The van der Waals surface area contributed by atoms with E-state index in [1.807, 2.05) is 6.07 Å². The molecule has 2 aromatic rings. The highest BCUT2D eigenvalue weighted by atomic mass is 19.4. The van der Waals surface area contributed by atoms with Crippen molar-refractivity contribution < 1.29 is 31.5 Å². The monoisotopic (exact) mass is 453 g/mol. The third-order valence-corrected chi connectivity index (χ3v) is 4.86. The summed E-state index contributed by atoms with van der Waals surface area (Å²) >= 11 is 0. The number of hydrogen-bond acceptors (Lipinski definition) is 6. The lowest BCUT2D eigenvalue weighted by Crippen LogP contribution is -2.46. The van der Waals surface area contributed by atoms with Crippen LogP contribution in [0.4, 0.5) is 27.6 Å². The van der Waals surface area contributed by atoms with E-state index in [0.29, 0.717) is 11.6 Å². The van der Waals surface area contributed by atoms with Crippen LogP contribution in [0.1, 0.15) is 40.5 Å². The molecular formula is C20H16F5N5O2. The van der Waals surface area contributed by atoms with Crippen LogP contribution in [0.25, 0.3) is 0 Å². The van der Waals surface area contributed by atoms with Gasteiger partial charge in [0.05, 0.1) is 11.1 Å². The smallest absolute Gasteiger partial charge is 0.425 e. The van der Waals surface area contributed by atoms with Crippen molar-refractivity contribution in [3.63, 3.8) is 0 Å². The number of alkyl halides is 3. The average molecular weight is 453 g/mol. The van der Waals surface area contributed by atoms with E-state index in [1.54, 1.807) is 0 Å². The SMILES string of the molecule is Cc1cc(C#N)cnc1C(=O)Nc1cc(F)c(F)c([C@]2(C)CC(C(F)(F)F)OC(N)=N2)c1. The number of nitriles is 1. The molecule has 1 amide bonds. The molecule has 1 aromatic heterocycles. The van der Waals surface area contributed by atoms with Crippen LogP contribution >= 0.6 is 0 Å². The quantitative estimate of drug-likeness (QED) is 0.689. The van der Waals surface area contributed by atoms with Crippen LogP contribution < -0.4 is 11.1 Å². The van der Waals surface area contributed by atoms with Gasteiger partial charge in [-0.3, -0.25) is 4.79 Å². The molecule has 0 saturated carbocycles. The summed E-state index contributed by atoms with van der Waals surface area (Å²) < 4.78 is 73.0. The normalized spacial score (nSPS) is 20.7. The molecule has 7 nitrogen and oxygen atoms in total. The Bertz CT molecular complexity index is 1160. The molecule has 0 bridgehead atoms. The van der Waals surface area contributed by atoms with Crippen molar-refractivity contribution in [2.75, 3.05) is 5.32 Å². The van der Waals surface area contributed by atoms with Crippen LogP contribution in [-0.4, -0.2) is 29.2 Å². The maximum absolute atomic E-state index is 14.6. The summed E-state index contributed by atoms with van der Waals surface area (Å²) in [6.45, 7) is 2.67. The predicted octanol–water partition coefficient (Wildman–Crippen LogP) is 3.67. The number of carbonyl (C=O) groups excluding carboxylic acids is 1. The molecule has 0 aliphatic carbocycles. The summed E-state index contributed by atoms with van der Waals surface area (Å²) in [5, 5.41) is 11.2. The van der Waals surface area contributed by atoms with Gasteiger partial charge in [0, 0.05) is 29.9 Å². The molecule has 1 aromatic carbocycles. The first-order valence-corrected chi connectivity index (χ1v) is 9.10. The molecule has 3 N–H and O–H groups in total. The van der Waals surface area contributed by atoms with Gasteiger partial charge in [0.15, 0.2) is 17.7 Å². The topological polar surface area (TPSA) is 113 Å². The third kappa shape index (κ3) is 4.46. The molecule has 32 heavy (non-hydrogen) atoms. The Hall–Kier alpha value is -3.75. The summed E-state index contributed by atoms with van der Waals surface area (Å²) in [4.78, 5) is 20.2. The number of nitrogens with zero attached hydrogens (tertiary/aromatic N) is 3. The lowest BCUT2D eigenvalue weighted by Gasteiger charge is -2.36. The van der Waals surface area contributed by atoms with Crippen molar-refractivity contribution in [3.05, 3.63) is 58.4 Å². The zero-order valence-electron chi connectivity index (χ0n) is 16.7. The van der Waals surface area contributed by atoms with Crippen LogP contribution in [0.5, 0.6) is 0 Å². The molecular weight excluding hydrogens is 437 g/mol. The van der Waals surface area contributed by atoms with Gasteiger partial charge >= 0.3 is 6.18 Å². The minimum atomic E-state index is -4.82. The van der Waals surface area contributed by atoms with Crippen molar-refractivity contribution in [2.24, 2.45) is 10.7 Å². The van der Waals surface area contributed by atoms with Crippen molar-refractivity contribution in [1.29, 1.82) is 5.26 Å². The van der Waals surface area contributed by atoms with Gasteiger partial charge in [-0.05, 0) is 31.5 Å². The van der Waals surface area contributed by atoms with Gasteiger partial charge in [-0.2, -0.15) is 18.4 Å². The van der Waals surface area contributed by atoms with Crippen molar-refractivity contribution >= 4 is 17.6 Å². The highest BCUT2D eigenvalue weighted by molar-refractivity contribution is 6.03. The maximum atomic E-state index is 14.6. The average Bonchev–Trinajstić information content (AvgIpc) is 2.68. The van der Waals surface area contributed by atoms with E-state index in [0.717, 1.165) is 19.2 Å². The molecule has 1 aliphatic heterocycles. The summed E-state index contributed by atoms with van der Waals surface area (Å²) in [6, 6.07) is 4.10. The molecule has 168 valence electrons. The van der Waals surface area contributed by atoms with E-state index in [4.69, 9.17) is 11.0 Å². The van der Waals surface area contributed by atoms with Crippen LogP contribution in [0.2, 0.25) is 0 Å². The fourth-order valence-electron chi connectivity index (χ4n) is 3.33. The summed E-state index contributed by atoms with van der Waals surface area (Å²) in [5.74, 6) is -3.64. The van der Waals surface area contributed by atoms with E-state index in [1.165, 1.54) is 13.0 Å². The van der Waals surface area contributed by atoms with E-state index in [2.05, 4.69) is 20.0 Å². The number of aliphatic imine (C=N–C) groups is 1. The second-order valence-electron chi connectivity index (χ2n) is 7.35. The molecule has 12 heteroatoms. The first-order chi connectivity index (χ1) is 14.8. The van der Waals surface area contributed by atoms with Crippen LogP contribution in [0, 0.1) is 29.9 Å². The van der Waals surface area contributed by atoms with Crippen molar-refractivity contribution in [3.8, 4) is 6.07 Å². The number of amidine groups is 1. The summed E-state index contributed by atoms with van der Waals surface area (Å²) in [6.07, 6.45) is -6.89. The molecule has 1 unspecified atom stereocenters. The minimum absolute atomic E-state index is 0.0769. The predicted molar refractivity (Wildman–Crippen MR) is 103 cm³/mol. The maximum Gasteiger partial charge on any atom is 0.425 e. The number of hydrogen-bond donors (Lipinski definition) is 2. The second kappa shape index (κ2) is 8.07. The largest absolute Gasteiger partial charge is 0.452 e. The standard InChI is InChI=1S/C20H16F5N5O2/c1-9-3-10(7-26)8-28-16(9)17(31)29-11-4-12(15(22)13(21)5-11)19(2)6-14(20(23,24)25)32-18(27)30-19/h3-5,8,14H,6H2,1-2H3,(H2,27,30)(H,29,31)/t14?,19-/m0/s1. The number of pyridine rings is 1. The Morgan fingerprint density at radius 1 is 1.34 bits per heavy atom. The van der Waals surface area contributed by atoms with Gasteiger partial charge < -0.3 is 15.8 Å². The first kappa shape index (κ1) is 22.9. The lowest BCUT2D eigenvalue weighted by molar-refractivity contribution is -0.208. The second-order valence-corrected chi connectivity index (χ2v) is 7.35. The Balaban J connectivity index is 1.99. The van der Waals surface area contributed by atoms with Gasteiger partial charge in [-0.25, -0.2) is 18.8 Å². The van der Waals surface area contributed by atoms with E-state index < -0.39 is 53.4 Å². The van der Waals surface area contributed by atoms with Crippen LogP contribution in [-0.2, 0) is 10.3 Å². The Morgan fingerprint density at radius 2 is 2.03 bits per heavy atom. The van der Waals surface area contributed by atoms with Crippen LogP contribution in [0.15, 0.2) is 29.4 Å². The Kier molecular flexibility index (Phi) is 5.78. The van der Waals surface area contributed by atoms with Gasteiger partial charge in [-0.15, -0.1) is 0 Å². The van der Waals surface area contributed by atoms with Gasteiger partial charge in [-0.1, -0.05) is 0 Å². The number of carbonyl (C=O) groups is 1. The zero-order chi connectivity index (χ0) is 23.8. The molecule has 0 spiro atoms. The number of aryl methyl sites for hydroxylation is 1. The van der Waals surface area contributed by atoms with E-state index in [9.17, 15) is 26.7 Å². The highest BCUT2D eigenvalue weighted by Crippen LogP contribution is 2.41. The van der Waals surface area contributed by atoms with Gasteiger partial charge in [0.1, 0.15) is 11.8 Å². The summed E-state index contributed by atoms with van der Waals surface area (Å²) in [7, 11) is 0. The fourth-order valence-corrected chi connectivity index (χ4v) is 3.33. The van der Waals surface area contributed by atoms with Gasteiger partial charge in [0.2, 0.25) is 0 Å². The van der Waals surface area contributed by atoms with E-state index in [-0.39, 0.29) is 16.9 Å². The molecule has 3 rings (SSSR count). The molecule has 2 heterocycles. The number of ether oxygens (including phenoxy) is 1. The zero-order valence-corrected chi connectivity index (χ0v) is 16.7. The molecule has 0 saturated heterocycles. The number of nitrogens with one attached hydrogen (secondary N) is 1. The summed E-state index contributed by atoms with van der Waals surface area (Å²) in [5.41, 5.74) is 3.16. The lowest BCUT2D eigenvalue weighted by atomic mass is 9.85. The number of amides is 1. The number of benzene rings is 1. The number of rotatable bonds is 3. The van der Waals surface area contributed by atoms with E-state index >= 15 is 0 Å². The fraction of sp³-hybridized carbons (Fsp3) is 0.300. The third-order valence-electron chi connectivity index (χ3n) is 4.86. The Morgan fingerprint density at radius 3 is 2.62 bits per heavy atom. The minimum Gasteiger partial charge on any atom is -0.452 e. The highest BCUT2D eigenvalue weighted by Gasteiger charge is 2.50. The molecule has 2 atom stereocenters. The number of nitrogens with two attached hydrogens (primary N) is 1. The van der Waals surface area contributed by atoms with Crippen molar-refractivity contribution in [1.82, 2.24) is 4.98 Å². The molecule has 0 fully saturated rings. The van der Waals surface area contributed by atoms with Crippen molar-refractivity contribution in [2.45, 2.75) is 38.1 Å². The Labute approximate surface area is 178 Å². The van der Waals surface area contributed by atoms with Crippen LogP contribution in [0.3, 0.4) is 0 Å². The number of anilines is 1. The van der Waals surface area contributed by atoms with Gasteiger partial charge in [0.25, 0.3) is 11.9 Å². The number of aromatic nitrogens is 1.